The number of halogens is 1. The zero-order valence-electron chi connectivity index (χ0n) is 9.88. The first-order valence-corrected chi connectivity index (χ1v) is 5.86. The second kappa shape index (κ2) is 5.58. The molecule has 2 aromatic rings. The van der Waals surface area contributed by atoms with Gasteiger partial charge in [0.15, 0.2) is 0 Å². The van der Waals surface area contributed by atoms with Crippen molar-refractivity contribution in [3.05, 3.63) is 63.2 Å². The molecule has 19 heavy (non-hydrogen) atoms. The van der Waals surface area contributed by atoms with Crippen LogP contribution in [0.15, 0.2) is 42.5 Å². The Morgan fingerprint density at radius 1 is 1.21 bits per heavy atom. The zero-order chi connectivity index (χ0) is 13.8. The van der Waals surface area contributed by atoms with Crippen molar-refractivity contribution < 1.29 is 9.66 Å². The average Bonchev–Trinajstić information content (AvgIpc) is 2.38. The summed E-state index contributed by atoms with van der Waals surface area (Å²) in [5.74, 6) is 0.469. The highest BCUT2D eigenvalue weighted by Crippen LogP contribution is 2.29. The van der Waals surface area contributed by atoms with Crippen LogP contribution in [0.5, 0.6) is 5.75 Å². The molecule has 0 fully saturated rings. The van der Waals surface area contributed by atoms with E-state index < -0.39 is 4.92 Å². The molecule has 0 saturated heterocycles. The van der Waals surface area contributed by atoms with E-state index in [4.69, 9.17) is 22.1 Å². The lowest BCUT2D eigenvalue weighted by atomic mass is 10.2. The molecule has 0 spiro atoms. The van der Waals surface area contributed by atoms with Crippen molar-refractivity contribution in [2.45, 2.75) is 6.61 Å². The van der Waals surface area contributed by atoms with Gasteiger partial charge in [-0.15, -0.1) is 0 Å². The molecule has 0 bridgehead atoms. The lowest BCUT2D eigenvalue weighted by Crippen LogP contribution is -2.02. The topological polar surface area (TPSA) is 78.4 Å². The number of benzene rings is 2. The Labute approximate surface area is 114 Å². The van der Waals surface area contributed by atoms with Gasteiger partial charge in [-0.05, 0) is 18.2 Å². The first-order chi connectivity index (χ1) is 9.09. The van der Waals surface area contributed by atoms with E-state index in [1.54, 1.807) is 30.3 Å². The molecule has 0 aliphatic heterocycles. The van der Waals surface area contributed by atoms with Gasteiger partial charge in [0.2, 0.25) is 0 Å². The fraction of sp³-hybridized carbons (Fsp3) is 0.0769. The van der Waals surface area contributed by atoms with Gasteiger partial charge < -0.3 is 10.5 Å². The number of nitro benzene ring substituents is 1. The number of hydrogen-bond acceptors (Lipinski definition) is 4. The Morgan fingerprint density at radius 3 is 2.63 bits per heavy atom. The largest absolute Gasteiger partial charge is 0.486 e. The summed E-state index contributed by atoms with van der Waals surface area (Å²) in [4.78, 5) is 10.4. The van der Waals surface area contributed by atoms with Crippen LogP contribution in [0.2, 0.25) is 5.02 Å². The van der Waals surface area contributed by atoms with Gasteiger partial charge in [-0.25, -0.2) is 0 Å². The summed E-state index contributed by atoms with van der Waals surface area (Å²) < 4.78 is 5.48. The summed E-state index contributed by atoms with van der Waals surface area (Å²) in [6.45, 7) is -0.00972. The molecule has 0 unspecified atom stereocenters. The van der Waals surface area contributed by atoms with Crippen molar-refractivity contribution in [3.8, 4) is 5.75 Å². The van der Waals surface area contributed by atoms with Gasteiger partial charge >= 0.3 is 0 Å². The summed E-state index contributed by atoms with van der Waals surface area (Å²) >= 11 is 5.96. The maximum absolute atomic E-state index is 10.9. The lowest BCUT2D eigenvalue weighted by Gasteiger charge is -2.10. The molecule has 2 aromatic carbocycles. The van der Waals surface area contributed by atoms with Crippen molar-refractivity contribution >= 4 is 23.0 Å². The Hall–Kier alpha value is -2.27. The molecular weight excluding hydrogens is 268 g/mol. The minimum atomic E-state index is -0.487. The van der Waals surface area contributed by atoms with Crippen molar-refractivity contribution in [1.82, 2.24) is 0 Å². The number of hydrogen-bond donors (Lipinski definition) is 1. The molecule has 2 N–H and O–H groups in total. The highest BCUT2D eigenvalue weighted by molar-refractivity contribution is 6.31. The van der Waals surface area contributed by atoms with Crippen LogP contribution in [0.25, 0.3) is 0 Å². The van der Waals surface area contributed by atoms with E-state index in [-0.39, 0.29) is 12.3 Å². The second-order valence-corrected chi connectivity index (χ2v) is 4.23. The summed E-state index contributed by atoms with van der Waals surface area (Å²) in [5.41, 5.74) is 6.46. The lowest BCUT2D eigenvalue weighted by molar-refractivity contribution is -0.385. The maximum Gasteiger partial charge on any atom is 0.277 e. The Kier molecular flexibility index (Phi) is 3.87. The van der Waals surface area contributed by atoms with Gasteiger partial charge in [-0.2, -0.15) is 0 Å². The number of para-hydroxylation sites is 2. The molecule has 0 saturated carbocycles. The molecule has 0 heterocycles. The maximum atomic E-state index is 10.9. The molecule has 2 rings (SSSR count). The van der Waals surface area contributed by atoms with Crippen molar-refractivity contribution in [2.24, 2.45) is 0 Å². The Bertz CT molecular complexity index is 617. The van der Waals surface area contributed by atoms with Crippen LogP contribution in [0.3, 0.4) is 0 Å². The van der Waals surface area contributed by atoms with Crippen LogP contribution in [0.1, 0.15) is 5.56 Å². The van der Waals surface area contributed by atoms with E-state index in [1.165, 1.54) is 12.1 Å². The number of ether oxygens (including phenoxy) is 1. The monoisotopic (exact) mass is 278 g/mol. The van der Waals surface area contributed by atoms with Crippen LogP contribution < -0.4 is 10.5 Å². The normalized spacial score (nSPS) is 10.2. The average molecular weight is 279 g/mol. The first-order valence-electron chi connectivity index (χ1n) is 5.48. The van der Waals surface area contributed by atoms with Gasteiger partial charge in [0.05, 0.1) is 21.2 Å². The molecule has 5 nitrogen and oxygen atoms in total. The number of nitrogens with two attached hydrogens (primary N) is 1. The number of nitrogen functional groups attached to an aromatic ring is 1. The van der Waals surface area contributed by atoms with Crippen LogP contribution >= 0.6 is 11.6 Å². The summed E-state index contributed by atoms with van der Waals surface area (Å²) in [5, 5.41) is 11.2. The zero-order valence-corrected chi connectivity index (χ0v) is 10.6. The minimum Gasteiger partial charge on any atom is -0.486 e. The van der Waals surface area contributed by atoms with Gasteiger partial charge in [0.25, 0.3) is 5.69 Å². The second-order valence-electron chi connectivity index (χ2n) is 3.82. The third-order valence-corrected chi connectivity index (χ3v) is 2.94. The van der Waals surface area contributed by atoms with E-state index in [0.29, 0.717) is 22.0 Å². The SMILES string of the molecule is Nc1ccccc1OCc1c(Cl)cccc1[N+](=O)[O-]. The van der Waals surface area contributed by atoms with Crippen LogP contribution in [0.4, 0.5) is 11.4 Å². The molecule has 0 aliphatic rings. The third-order valence-electron chi connectivity index (χ3n) is 2.58. The van der Waals surface area contributed by atoms with Gasteiger partial charge in [0.1, 0.15) is 12.4 Å². The molecule has 0 aromatic heterocycles. The molecule has 0 aliphatic carbocycles. The highest BCUT2D eigenvalue weighted by atomic mass is 35.5. The Morgan fingerprint density at radius 2 is 1.95 bits per heavy atom. The van der Waals surface area contributed by atoms with E-state index in [1.807, 2.05) is 0 Å². The number of nitro groups is 1. The predicted octanol–water partition coefficient (Wildman–Crippen LogP) is 3.41. The van der Waals surface area contributed by atoms with Crippen LogP contribution in [0, 0.1) is 10.1 Å². The number of anilines is 1. The van der Waals surface area contributed by atoms with Crippen LogP contribution in [-0.4, -0.2) is 4.92 Å². The van der Waals surface area contributed by atoms with Gasteiger partial charge in [-0.3, -0.25) is 10.1 Å². The van der Waals surface area contributed by atoms with E-state index in [2.05, 4.69) is 0 Å². The molecular formula is C13H11ClN2O3. The molecule has 0 atom stereocenters. The highest BCUT2D eigenvalue weighted by Gasteiger charge is 2.17. The fourth-order valence-corrected chi connectivity index (χ4v) is 1.85. The van der Waals surface area contributed by atoms with Crippen LogP contribution in [-0.2, 0) is 6.61 Å². The summed E-state index contributed by atoms with van der Waals surface area (Å²) in [7, 11) is 0. The summed E-state index contributed by atoms with van der Waals surface area (Å²) in [6.07, 6.45) is 0. The van der Waals surface area contributed by atoms with E-state index >= 15 is 0 Å². The smallest absolute Gasteiger partial charge is 0.277 e. The molecule has 98 valence electrons. The van der Waals surface area contributed by atoms with E-state index in [0.717, 1.165) is 0 Å². The van der Waals surface area contributed by atoms with Crippen molar-refractivity contribution in [2.75, 3.05) is 5.73 Å². The minimum absolute atomic E-state index is 0.00972. The summed E-state index contributed by atoms with van der Waals surface area (Å²) in [6, 6.07) is 11.4. The third kappa shape index (κ3) is 2.95. The molecule has 0 amide bonds. The predicted molar refractivity (Wildman–Crippen MR) is 73.3 cm³/mol. The first kappa shape index (κ1) is 13.2. The van der Waals surface area contributed by atoms with E-state index in [9.17, 15) is 10.1 Å². The molecule has 0 radical (unpaired) electrons. The quantitative estimate of drug-likeness (QED) is 0.528. The van der Waals surface area contributed by atoms with Crippen molar-refractivity contribution in [1.29, 1.82) is 0 Å². The fourth-order valence-electron chi connectivity index (χ4n) is 1.62. The van der Waals surface area contributed by atoms with Crippen molar-refractivity contribution in [3.63, 3.8) is 0 Å². The van der Waals surface area contributed by atoms with Gasteiger partial charge in [0, 0.05) is 6.07 Å². The molecule has 6 heteroatoms. The Balaban J connectivity index is 2.25. The number of rotatable bonds is 4. The standard InChI is InChI=1S/C13H11ClN2O3/c14-10-4-3-6-12(16(17)18)9(10)8-19-13-7-2-1-5-11(13)15/h1-7H,8,15H2. The number of nitrogens with zero attached hydrogens (tertiary/aromatic N) is 1. The van der Waals surface area contributed by atoms with Gasteiger partial charge in [-0.1, -0.05) is 29.8 Å².